The predicted octanol–water partition coefficient (Wildman–Crippen LogP) is 4.05. The molecule has 2 aromatic heterocycles. The summed E-state index contributed by atoms with van der Waals surface area (Å²) in [5, 5.41) is 8.76. The first-order valence-electron chi connectivity index (χ1n) is 6.82. The van der Waals surface area contributed by atoms with E-state index in [1.807, 2.05) is 17.5 Å². The Hall–Kier alpha value is -2.18. The molecule has 0 aliphatic carbocycles. The van der Waals surface area contributed by atoms with Crippen LogP contribution in [0.15, 0.2) is 46.3 Å². The first-order valence-corrected chi connectivity index (χ1v) is 8.08. The molecule has 118 valence electrons. The fraction of sp³-hybridized carbons (Fsp3) is 0.125. The molecule has 0 unspecified atom stereocenters. The Labute approximate surface area is 140 Å². The van der Waals surface area contributed by atoms with E-state index < -0.39 is 5.82 Å². The van der Waals surface area contributed by atoms with Crippen LogP contribution in [0.5, 0.6) is 0 Å². The summed E-state index contributed by atoms with van der Waals surface area (Å²) in [6, 6.07) is 9.94. The van der Waals surface area contributed by atoms with Crippen molar-refractivity contribution in [2.24, 2.45) is 0 Å². The average molecular weight is 351 g/mol. The summed E-state index contributed by atoms with van der Waals surface area (Å²) in [6.45, 7) is 0.208. The van der Waals surface area contributed by atoms with Crippen molar-refractivity contribution in [3.63, 3.8) is 0 Å². The molecule has 23 heavy (non-hydrogen) atoms. The highest BCUT2D eigenvalue weighted by Gasteiger charge is 2.13. The van der Waals surface area contributed by atoms with Gasteiger partial charge in [0.25, 0.3) is 0 Å². The normalized spacial score (nSPS) is 10.7. The van der Waals surface area contributed by atoms with Crippen LogP contribution < -0.4 is 5.32 Å². The molecule has 0 aliphatic rings. The minimum absolute atomic E-state index is 0.124. The second-order valence-electron chi connectivity index (χ2n) is 4.81. The molecule has 4 nitrogen and oxygen atoms in total. The van der Waals surface area contributed by atoms with Gasteiger partial charge in [0.15, 0.2) is 5.76 Å². The lowest BCUT2D eigenvalue weighted by Crippen LogP contribution is -2.25. The smallest absolute Gasteiger partial charge is 0.224 e. The number of hydrogen-bond donors (Lipinski definition) is 1. The molecule has 1 aromatic carbocycles. The van der Waals surface area contributed by atoms with Crippen LogP contribution in [0.25, 0.3) is 10.6 Å². The van der Waals surface area contributed by atoms with Crippen LogP contribution >= 0.6 is 22.9 Å². The summed E-state index contributed by atoms with van der Waals surface area (Å²) < 4.78 is 18.9. The van der Waals surface area contributed by atoms with Crippen LogP contribution in [0.2, 0.25) is 5.02 Å². The molecule has 3 rings (SSSR count). The molecule has 0 fully saturated rings. The summed E-state index contributed by atoms with van der Waals surface area (Å²) in [5.74, 6) is -0.173. The second-order valence-corrected chi connectivity index (χ2v) is 6.17. The van der Waals surface area contributed by atoms with Crippen LogP contribution in [0.3, 0.4) is 0 Å². The highest BCUT2D eigenvalue weighted by Crippen LogP contribution is 2.25. The van der Waals surface area contributed by atoms with Crippen molar-refractivity contribution < 1.29 is 13.7 Å². The monoisotopic (exact) mass is 350 g/mol. The van der Waals surface area contributed by atoms with E-state index in [-0.39, 0.29) is 29.5 Å². The van der Waals surface area contributed by atoms with Gasteiger partial charge in [-0.25, -0.2) is 4.39 Å². The standard InChI is InChI=1S/C16H12ClFN2O2S/c17-12-3-1-4-13(18)11(12)8-16(21)19-9-10-7-14(22-20-10)15-5-2-6-23-15/h1-7H,8-9H2,(H,19,21). The van der Waals surface area contributed by atoms with Crippen molar-refractivity contribution in [1.82, 2.24) is 10.5 Å². The molecule has 0 spiro atoms. The molecule has 3 aromatic rings. The Morgan fingerprint density at radius 1 is 1.35 bits per heavy atom. The van der Waals surface area contributed by atoms with Crippen molar-refractivity contribution in [1.29, 1.82) is 0 Å². The Kier molecular flexibility index (Phi) is 4.73. The van der Waals surface area contributed by atoms with Crippen molar-refractivity contribution in [3.05, 3.63) is 63.9 Å². The highest BCUT2D eigenvalue weighted by molar-refractivity contribution is 7.13. The van der Waals surface area contributed by atoms with Gasteiger partial charge in [0.2, 0.25) is 5.91 Å². The Bertz CT molecular complexity index is 797. The van der Waals surface area contributed by atoms with Gasteiger partial charge in [-0.15, -0.1) is 11.3 Å². The zero-order chi connectivity index (χ0) is 16.2. The maximum Gasteiger partial charge on any atom is 0.224 e. The SMILES string of the molecule is O=C(Cc1c(F)cccc1Cl)NCc1cc(-c2cccs2)on1. The van der Waals surface area contributed by atoms with E-state index in [0.29, 0.717) is 11.5 Å². The lowest BCUT2D eigenvalue weighted by atomic mass is 10.1. The number of halogens is 2. The molecular weight excluding hydrogens is 339 g/mol. The molecule has 0 atom stereocenters. The average Bonchev–Trinajstić information content (AvgIpc) is 3.19. The van der Waals surface area contributed by atoms with E-state index in [0.717, 1.165) is 4.88 Å². The van der Waals surface area contributed by atoms with Crippen LogP contribution in [-0.4, -0.2) is 11.1 Å². The Morgan fingerprint density at radius 3 is 2.96 bits per heavy atom. The van der Waals surface area contributed by atoms with Gasteiger partial charge in [0, 0.05) is 16.7 Å². The number of aromatic nitrogens is 1. The van der Waals surface area contributed by atoms with Gasteiger partial charge >= 0.3 is 0 Å². The molecule has 0 saturated carbocycles. The van der Waals surface area contributed by atoms with Gasteiger partial charge < -0.3 is 9.84 Å². The number of thiophene rings is 1. The maximum atomic E-state index is 13.6. The van der Waals surface area contributed by atoms with E-state index in [4.69, 9.17) is 16.1 Å². The summed E-state index contributed by atoms with van der Waals surface area (Å²) >= 11 is 7.45. The maximum absolute atomic E-state index is 13.6. The first kappa shape index (κ1) is 15.7. The van der Waals surface area contributed by atoms with Gasteiger partial charge in [-0.2, -0.15) is 0 Å². The lowest BCUT2D eigenvalue weighted by molar-refractivity contribution is -0.120. The van der Waals surface area contributed by atoms with Crippen LogP contribution in [-0.2, 0) is 17.8 Å². The van der Waals surface area contributed by atoms with Gasteiger partial charge in [-0.1, -0.05) is 28.9 Å². The molecule has 0 bridgehead atoms. The Morgan fingerprint density at radius 2 is 2.22 bits per heavy atom. The zero-order valence-electron chi connectivity index (χ0n) is 11.9. The third-order valence-electron chi connectivity index (χ3n) is 3.19. The zero-order valence-corrected chi connectivity index (χ0v) is 13.5. The van der Waals surface area contributed by atoms with Gasteiger partial charge in [-0.3, -0.25) is 4.79 Å². The first-order chi connectivity index (χ1) is 11.1. The molecule has 1 amide bonds. The minimum Gasteiger partial charge on any atom is -0.355 e. The summed E-state index contributed by atoms with van der Waals surface area (Å²) in [6.07, 6.45) is -0.124. The van der Waals surface area contributed by atoms with Crippen LogP contribution in [0, 0.1) is 5.82 Å². The third-order valence-corrected chi connectivity index (χ3v) is 4.43. The summed E-state index contributed by atoms with van der Waals surface area (Å²) in [7, 11) is 0. The van der Waals surface area contributed by atoms with Gasteiger partial charge in [0.1, 0.15) is 11.5 Å². The van der Waals surface area contributed by atoms with Gasteiger partial charge in [-0.05, 0) is 23.6 Å². The largest absolute Gasteiger partial charge is 0.355 e. The fourth-order valence-corrected chi connectivity index (χ4v) is 2.95. The van der Waals surface area contributed by atoms with Crippen molar-refractivity contribution in [2.45, 2.75) is 13.0 Å². The number of hydrogen-bond acceptors (Lipinski definition) is 4. The molecule has 0 aliphatic heterocycles. The minimum atomic E-state index is -0.492. The highest BCUT2D eigenvalue weighted by atomic mass is 35.5. The summed E-state index contributed by atoms with van der Waals surface area (Å²) in [5.41, 5.74) is 0.785. The molecular formula is C16H12ClFN2O2S. The van der Waals surface area contributed by atoms with E-state index >= 15 is 0 Å². The van der Waals surface area contributed by atoms with E-state index in [9.17, 15) is 9.18 Å². The predicted molar refractivity (Wildman–Crippen MR) is 86.8 cm³/mol. The number of carbonyl (C=O) groups is 1. The molecule has 0 saturated heterocycles. The number of nitrogens with one attached hydrogen (secondary N) is 1. The molecule has 7 heteroatoms. The number of benzene rings is 1. The van der Waals surface area contributed by atoms with Crippen LogP contribution in [0.1, 0.15) is 11.3 Å². The van der Waals surface area contributed by atoms with Crippen molar-refractivity contribution >= 4 is 28.8 Å². The number of amides is 1. The van der Waals surface area contributed by atoms with Gasteiger partial charge in [0.05, 0.1) is 17.8 Å². The molecule has 0 radical (unpaired) electrons. The molecule has 2 heterocycles. The number of nitrogens with zero attached hydrogens (tertiary/aromatic N) is 1. The van der Waals surface area contributed by atoms with Crippen molar-refractivity contribution in [2.75, 3.05) is 0 Å². The van der Waals surface area contributed by atoms with E-state index in [1.54, 1.807) is 23.5 Å². The lowest BCUT2D eigenvalue weighted by Gasteiger charge is -2.06. The quantitative estimate of drug-likeness (QED) is 0.755. The van der Waals surface area contributed by atoms with E-state index in [2.05, 4.69) is 10.5 Å². The Balaban J connectivity index is 1.59. The second kappa shape index (κ2) is 6.93. The molecule has 1 N–H and O–H groups in total. The third kappa shape index (κ3) is 3.78. The van der Waals surface area contributed by atoms with E-state index in [1.165, 1.54) is 12.1 Å². The topological polar surface area (TPSA) is 55.1 Å². The fourth-order valence-electron chi connectivity index (χ4n) is 2.04. The number of rotatable bonds is 5. The summed E-state index contributed by atoms with van der Waals surface area (Å²) in [4.78, 5) is 12.9. The van der Waals surface area contributed by atoms with Crippen molar-refractivity contribution in [3.8, 4) is 10.6 Å². The number of carbonyl (C=O) groups excluding carboxylic acids is 1. The van der Waals surface area contributed by atoms with Crippen LogP contribution in [0.4, 0.5) is 4.39 Å².